The maximum Gasteiger partial charge on any atom is 4.00 e. The van der Waals surface area contributed by atoms with Gasteiger partial charge in [0.25, 0.3) is 0 Å². The van der Waals surface area contributed by atoms with Crippen LogP contribution in [0.4, 0.5) is 0 Å². The minimum atomic E-state index is 0. The zero-order chi connectivity index (χ0) is 9.94. The summed E-state index contributed by atoms with van der Waals surface area (Å²) in [5.41, 5.74) is 4.39. The summed E-state index contributed by atoms with van der Waals surface area (Å²) in [5, 5.41) is 0. The summed E-state index contributed by atoms with van der Waals surface area (Å²) in [6, 6.07) is 0. The van der Waals surface area contributed by atoms with Crippen molar-refractivity contribution in [1.82, 2.24) is 0 Å². The minimum Gasteiger partial charge on any atom is -1.00 e. The van der Waals surface area contributed by atoms with Gasteiger partial charge in [-0.25, -0.2) is 5.57 Å². The maximum atomic E-state index is 3.44. The van der Waals surface area contributed by atoms with E-state index in [9.17, 15) is 0 Å². The van der Waals surface area contributed by atoms with Crippen molar-refractivity contribution in [3.8, 4) is 0 Å². The minimum absolute atomic E-state index is 0. The molecule has 0 nitrogen and oxygen atoms in total. The molecule has 0 radical (unpaired) electrons. The molecule has 1 rings (SSSR count). The number of allylic oxidation sites excluding steroid dienone is 4. The summed E-state index contributed by atoms with van der Waals surface area (Å²) in [4.78, 5) is 0. The Morgan fingerprint density at radius 3 is 1.40 bits per heavy atom. The van der Waals surface area contributed by atoms with Crippen molar-refractivity contribution in [2.24, 2.45) is 5.41 Å². The molecular formula is C12H20Cl2Hf. The Balaban J connectivity index is -0.000000114. The summed E-state index contributed by atoms with van der Waals surface area (Å²) < 4.78 is 0. The number of rotatable bonds is 0. The number of halogens is 2. The molecule has 0 heterocycles. The Bertz CT molecular complexity index is 228. The molecule has 0 N–H and O–H groups in total. The van der Waals surface area contributed by atoms with E-state index in [0.29, 0.717) is 0 Å². The average Bonchev–Trinajstić information content (AvgIpc) is 2.19. The van der Waals surface area contributed by atoms with Gasteiger partial charge in [0.05, 0.1) is 0 Å². The Morgan fingerprint density at radius 2 is 1.33 bits per heavy atom. The molecule has 0 amide bonds. The number of hydrogen-bond donors (Lipinski definition) is 0. The van der Waals surface area contributed by atoms with Crippen molar-refractivity contribution < 1.29 is 50.7 Å². The SMILES string of the molecule is CC1=[C-]C(C)(C)C(C)=C1C.[CH2-]C.[Cl-].[Cl-].[Hf+4]. The first kappa shape index (κ1) is 24.9. The van der Waals surface area contributed by atoms with Crippen LogP contribution in [0.5, 0.6) is 0 Å². The average molecular weight is 414 g/mol. The topological polar surface area (TPSA) is 0 Å². The van der Waals surface area contributed by atoms with Gasteiger partial charge in [0.2, 0.25) is 0 Å². The van der Waals surface area contributed by atoms with Crippen LogP contribution in [-0.2, 0) is 25.8 Å². The van der Waals surface area contributed by atoms with Crippen LogP contribution in [0.3, 0.4) is 0 Å². The molecule has 0 aromatic heterocycles. The first-order valence-electron chi connectivity index (χ1n) is 4.46. The second kappa shape index (κ2) is 10.1. The first-order chi connectivity index (χ1) is 5.45. The summed E-state index contributed by atoms with van der Waals surface area (Å²) in [6.07, 6.45) is 3.44. The molecule has 0 fully saturated rings. The van der Waals surface area contributed by atoms with Gasteiger partial charge in [-0.3, -0.25) is 6.08 Å². The van der Waals surface area contributed by atoms with Gasteiger partial charge >= 0.3 is 25.8 Å². The second-order valence-electron chi connectivity index (χ2n) is 3.62. The fraction of sp³-hybridized carbons (Fsp3) is 0.583. The monoisotopic (exact) mass is 414 g/mol. The Kier molecular flexibility index (Phi) is 16.8. The molecule has 15 heavy (non-hydrogen) atoms. The second-order valence-corrected chi connectivity index (χ2v) is 3.62. The third kappa shape index (κ3) is 6.28. The zero-order valence-corrected chi connectivity index (χ0v) is 15.6. The van der Waals surface area contributed by atoms with Crippen LogP contribution in [0.1, 0.15) is 41.5 Å². The van der Waals surface area contributed by atoms with Crippen LogP contribution in [0.25, 0.3) is 0 Å². The molecule has 0 bridgehead atoms. The van der Waals surface area contributed by atoms with E-state index in [1.165, 1.54) is 16.7 Å². The van der Waals surface area contributed by atoms with Crippen molar-refractivity contribution in [2.45, 2.75) is 41.5 Å². The maximum absolute atomic E-state index is 3.44. The van der Waals surface area contributed by atoms with E-state index in [2.05, 4.69) is 47.6 Å². The molecular weight excluding hydrogens is 394 g/mol. The quantitative estimate of drug-likeness (QED) is 0.317. The van der Waals surface area contributed by atoms with Crippen LogP contribution in [0.15, 0.2) is 16.7 Å². The fourth-order valence-corrected chi connectivity index (χ4v) is 1.41. The summed E-state index contributed by atoms with van der Waals surface area (Å²) in [5.74, 6) is 0. The van der Waals surface area contributed by atoms with Crippen molar-refractivity contribution >= 4 is 0 Å². The third-order valence-corrected chi connectivity index (χ3v) is 2.56. The van der Waals surface area contributed by atoms with Crippen molar-refractivity contribution in [3.05, 3.63) is 29.7 Å². The molecule has 0 aromatic carbocycles. The molecule has 0 spiro atoms. The smallest absolute Gasteiger partial charge is 1.00 e. The van der Waals surface area contributed by atoms with E-state index in [4.69, 9.17) is 0 Å². The molecule has 0 saturated carbocycles. The van der Waals surface area contributed by atoms with Gasteiger partial charge in [0.1, 0.15) is 0 Å². The number of hydrogen-bond acceptors (Lipinski definition) is 0. The van der Waals surface area contributed by atoms with Crippen LogP contribution in [-0.4, -0.2) is 0 Å². The molecule has 0 saturated heterocycles. The van der Waals surface area contributed by atoms with E-state index in [1.54, 1.807) is 6.92 Å². The van der Waals surface area contributed by atoms with E-state index in [-0.39, 0.29) is 56.1 Å². The first-order valence-corrected chi connectivity index (χ1v) is 4.46. The molecule has 0 unspecified atom stereocenters. The predicted molar refractivity (Wildman–Crippen MR) is 55.6 cm³/mol. The van der Waals surface area contributed by atoms with Gasteiger partial charge in [0.15, 0.2) is 0 Å². The van der Waals surface area contributed by atoms with Gasteiger partial charge < -0.3 is 31.7 Å². The van der Waals surface area contributed by atoms with Gasteiger partial charge in [0, 0.05) is 0 Å². The Hall–Kier alpha value is 0.930. The molecule has 1 aliphatic carbocycles. The van der Waals surface area contributed by atoms with Gasteiger partial charge in [-0.05, 0) is 0 Å². The standard InChI is InChI=1S/C10H15.C2H5.2ClH.Hf/c1-7-6-10(4,5)9(3)8(7)2;1-2;;;/h1-5H3;1H2,2H3;2*1H;/q2*-1;;;+4/p-2. The van der Waals surface area contributed by atoms with E-state index in [0.717, 1.165) is 0 Å². The molecule has 0 atom stereocenters. The van der Waals surface area contributed by atoms with Gasteiger partial charge in [-0.15, -0.1) is 6.92 Å². The van der Waals surface area contributed by atoms with Crippen LogP contribution >= 0.6 is 0 Å². The predicted octanol–water partition coefficient (Wildman–Crippen LogP) is -2.04. The summed E-state index contributed by atoms with van der Waals surface area (Å²) in [7, 11) is 0. The van der Waals surface area contributed by atoms with E-state index >= 15 is 0 Å². The zero-order valence-electron chi connectivity index (χ0n) is 10.5. The summed E-state index contributed by atoms with van der Waals surface area (Å²) >= 11 is 0. The molecule has 0 aromatic rings. The Morgan fingerprint density at radius 1 is 1.00 bits per heavy atom. The third-order valence-electron chi connectivity index (χ3n) is 2.56. The van der Waals surface area contributed by atoms with Crippen LogP contribution < -0.4 is 24.8 Å². The van der Waals surface area contributed by atoms with E-state index < -0.39 is 0 Å². The molecule has 0 aliphatic heterocycles. The van der Waals surface area contributed by atoms with Gasteiger partial charge in [-0.2, -0.15) is 18.1 Å². The molecule has 86 valence electrons. The fourth-order valence-electron chi connectivity index (χ4n) is 1.41. The summed E-state index contributed by atoms with van der Waals surface area (Å²) in [6.45, 7) is 15.9. The Labute approximate surface area is 127 Å². The van der Waals surface area contributed by atoms with Crippen molar-refractivity contribution in [1.29, 1.82) is 0 Å². The normalized spacial score (nSPS) is 16.1. The van der Waals surface area contributed by atoms with Crippen molar-refractivity contribution in [2.75, 3.05) is 0 Å². The van der Waals surface area contributed by atoms with Crippen LogP contribution in [0, 0.1) is 18.4 Å². The van der Waals surface area contributed by atoms with Gasteiger partial charge in [-0.1, -0.05) is 33.1 Å². The van der Waals surface area contributed by atoms with Crippen molar-refractivity contribution in [3.63, 3.8) is 0 Å². The van der Waals surface area contributed by atoms with Crippen LogP contribution in [0.2, 0.25) is 0 Å². The molecule has 3 heteroatoms. The largest absolute Gasteiger partial charge is 4.00 e. The molecule has 1 aliphatic rings. The van der Waals surface area contributed by atoms with E-state index in [1.807, 2.05) is 0 Å².